The third-order valence-corrected chi connectivity index (χ3v) is 5.47. The summed E-state index contributed by atoms with van der Waals surface area (Å²) in [5, 5.41) is 0. The van der Waals surface area contributed by atoms with E-state index in [1.165, 1.54) is 16.8 Å². The summed E-state index contributed by atoms with van der Waals surface area (Å²) in [4.78, 5) is 29.6. The standard InChI is InChI=1S/C20H25N5O/c1-15(26)25-9-4-17(5-10-25)20-22-12-18-14-24(8-6-19(18)23-20)13-16-3-2-7-21-11-16/h2-3,7,11-12,17H,4-6,8-10,13-14H2,1H3. The first kappa shape index (κ1) is 17.1. The van der Waals surface area contributed by atoms with Crippen molar-refractivity contribution in [2.45, 2.75) is 45.2 Å². The van der Waals surface area contributed by atoms with Crippen molar-refractivity contribution in [2.24, 2.45) is 0 Å². The highest BCUT2D eigenvalue weighted by atomic mass is 16.2. The number of carbonyl (C=O) groups excluding carboxylic acids is 1. The summed E-state index contributed by atoms with van der Waals surface area (Å²) >= 11 is 0. The number of likely N-dealkylation sites (tertiary alicyclic amines) is 1. The Morgan fingerprint density at radius 2 is 2.08 bits per heavy atom. The van der Waals surface area contributed by atoms with E-state index < -0.39 is 0 Å². The highest BCUT2D eigenvalue weighted by molar-refractivity contribution is 5.73. The van der Waals surface area contributed by atoms with Crippen molar-refractivity contribution in [1.29, 1.82) is 0 Å². The Hall–Kier alpha value is -2.34. The number of rotatable bonds is 3. The number of piperidine rings is 1. The van der Waals surface area contributed by atoms with Crippen LogP contribution < -0.4 is 0 Å². The first-order valence-corrected chi connectivity index (χ1v) is 9.40. The van der Waals surface area contributed by atoms with Gasteiger partial charge in [-0.1, -0.05) is 6.07 Å². The van der Waals surface area contributed by atoms with Crippen molar-refractivity contribution >= 4 is 5.91 Å². The van der Waals surface area contributed by atoms with E-state index in [0.29, 0.717) is 5.92 Å². The average Bonchev–Trinajstić information content (AvgIpc) is 2.68. The Kier molecular flexibility index (Phi) is 4.93. The zero-order valence-electron chi connectivity index (χ0n) is 15.3. The smallest absolute Gasteiger partial charge is 0.219 e. The van der Waals surface area contributed by atoms with Crippen LogP contribution in [0.4, 0.5) is 0 Å². The van der Waals surface area contributed by atoms with Crippen molar-refractivity contribution in [2.75, 3.05) is 19.6 Å². The molecule has 0 aromatic carbocycles. The van der Waals surface area contributed by atoms with Crippen molar-refractivity contribution in [1.82, 2.24) is 24.8 Å². The van der Waals surface area contributed by atoms with Gasteiger partial charge < -0.3 is 4.90 Å². The minimum Gasteiger partial charge on any atom is -0.343 e. The lowest BCUT2D eigenvalue weighted by molar-refractivity contribution is -0.129. The fourth-order valence-corrected chi connectivity index (χ4v) is 3.92. The maximum absolute atomic E-state index is 11.5. The van der Waals surface area contributed by atoms with Crippen LogP contribution in [0.2, 0.25) is 0 Å². The molecule has 2 aromatic rings. The highest BCUT2D eigenvalue weighted by Crippen LogP contribution is 2.27. The van der Waals surface area contributed by atoms with Gasteiger partial charge >= 0.3 is 0 Å². The molecule has 4 heterocycles. The largest absolute Gasteiger partial charge is 0.343 e. The molecule has 2 aliphatic rings. The number of nitrogens with zero attached hydrogens (tertiary/aromatic N) is 5. The Labute approximate surface area is 154 Å². The number of aromatic nitrogens is 3. The molecule has 1 saturated heterocycles. The van der Waals surface area contributed by atoms with Crippen LogP contribution in [-0.2, 0) is 24.3 Å². The molecule has 0 bridgehead atoms. The van der Waals surface area contributed by atoms with Crippen LogP contribution in [0.1, 0.15) is 48.3 Å². The normalized spacial score (nSPS) is 18.6. The fraction of sp³-hybridized carbons (Fsp3) is 0.500. The summed E-state index contributed by atoms with van der Waals surface area (Å²) in [5.74, 6) is 1.51. The van der Waals surface area contributed by atoms with Gasteiger partial charge in [0, 0.05) is 81.8 Å². The van der Waals surface area contributed by atoms with E-state index in [9.17, 15) is 4.79 Å². The molecule has 6 heteroatoms. The monoisotopic (exact) mass is 351 g/mol. The van der Waals surface area contributed by atoms with Gasteiger partial charge in [0.25, 0.3) is 0 Å². The van der Waals surface area contributed by atoms with E-state index in [0.717, 1.165) is 57.8 Å². The lowest BCUT2D eigenvalue weighted by Crippen LogP contribution is -2.37. The lowest BCUT2D eigenvalue weighted by atomic mass is 9.95. The summed E-state index contributed by atoms with van der Waals surface area (Å²) in [6.07, 6.45) is 8.66. The quantitative estimate of drug-likeness (QED) is 0.848. The van der Waals surface area contributed by atoms with Crippen molar-refractivity contribution in [3.8, 4) is 0 Å². The van der Waals surface area contributed by atoms with Crippen LogP contribution >= 0.6 is 0 Å². The van der Waals surface area contributed by atoms with Gasteiger partial charge in [0.15, 0.2) is 0 Å². The summed E-state index contributed by atoms with van der Waals surface area (Å²) in [5.41, 5.74) is 3.68. The van der Waals surface area contributed by atoms with E-state index in [1.54, 1.807) is 6.92 Å². The molecule has 0 aliphatic carbocycles. The molecule has 0 N–H and O–H groups in total. The minimum atomic E-state index is 0.170. The van der Waals surface area contributed by atoms with Crippen LogP contribution in [-0.4, -0.2) is 50.3 Å². The molecule has 0 spiro atoms. The Balaban J connectivity index is 1.40. The summed E-state index contributed by atoms with van der Waals surface area (Å²) in [7, 11) is 0. The maximum Gasteiger partial charge on any atom is 0.219 e. The van der Waals surface area contributed by atoms with Crippen LogP contribution in [0, 0.1) is 0 Å². The van der Waals surface area contributed by atoms with Crippen LogP contribution in [0.5, 0.6) is 0 Å². The van der Waals surface area contributed by atoms with E-state index in [2.05, 4.69) is 20.9 Å². The van der Waals surface area contributed by atoms with Crippen LogP contribution in [0.25, 0.3) is 0 Å². The lowest BCUT2D eigenvalue weighted by Gasteiger charge is -2.32. The minimum absolute atomic E-state index is 0.170. The first-order chi connectivity index (χ1) is 12.7. The number of carbonyl (C=O) groups is 1. The van der Waals surface area contributed by atoms with Crippen molar-refractivity contribution in [3.63, 3.8) is 0 Å². The molecule has 6 nitrogen and oxygen atoms in total. The third-order valence-electron chi connectivity index (χ3n) is 5.47. The number of pyridine rings is 1. The van der Waals surface area contributed by atoms with Gasteiger partial charge in [-0.25, -0.2) is 9.97 Å². The predicted octanol–water partition coefficient (Wildman–Crippen LogP) is 2.16. The van der Waals surface area contributed by atoms with Gasteiger partial charge in [-0.3, -0.25) is 14.7 Å². The van der Waals surface area contributed by atoms with Crippen LogP contribution in [0.15, 0.2) is 30.7 Å². The molecular formula is C20H25N5O. The summed E-state index contributed by atoms with van der Waals surface area (Å²) in [6.45, 7) is 6.11. The maximum atomic E-state index is 11.5. The average molecular weight is 351 g/mol. The molecule has 0 unspecified atom stereocenters. The zero-order valence-corrected chi connectivity index (χ0v) is 15.3. The summed E-state index contributed by atoms with van der Waals surface area (Å²) < 4.78 is 0. The van der Waals surface area contributed by atoms with E-state index in [1.807, 2.05) is 29.6 Å². The molecule has 136 valence electrons. The van der Waals surface area contributed by atoms with Crippen molar-refractivity contribution < 1.29 is 4.79 Å². The molecule has 26 heavy (non-hydrogen) atoms. The Morgan fingerprint density at radius 3 is 2.81 bits per heavy atom. The number of hydrogen-bond acceptors (Lipinski definition) is 5. The topological polar surface area (TPSA) is 62.2 Å². The Bertz CT molecular complexity index is 771. The number of hydrogen-bond donors (Lipinski definition) is 0. The van der Waals surface area contributed by atoms with Gasteiger partial charge in [-0.05, 0) is 24.5 Å². The molecule has 0 atom stereocenters. The van der Waals surface area contributed by atoms with E-state index >= 15 is 0 Å². The second-order valence-corrected chi connectivity index (χ2v) is 7.30. The molecule has 1 amide bonds. The summed E-state index contributed by atoms with van der Waals surface area (Å²) in [6, 6.07) is 4.11. The van der Waals surface area contributed by atoms with Gasteiger partial charge in [0.05, 0.1) is 0 Å². The molecule has 0 radical (unpaired) electrons. The molecule has 0 saturated carbocycles. The molecule has 2 aliphatic heterocycles. The van der Waals surface area contributed by atoms with Gasteiger partial charge in [-0.2, -0.15) is 0 Å². The van der Waals surface area contributed by atoms with E-state index in [-0.39, 0.29) is 5.91 Å². The van der Waals surface area contributed by atoms with Gasteiger partial charge in [-0.15, -0.1) is 0 Å². The second kappa shape index (κ2) is 7.50. The molecule has 2 aromatic heterocycles. The fourth-order valence-electron chi connectivity index (χ4n) is 3.92. The Morgan fingerprint density at radius 1 is 1.23 bits per heavy atom. The molecule has 4 rings (SSSR count). The van der Waals surface area contributed by atoms with Gasteiger partial charge in [0.2, 0.25) is 5.91 Å². The predicted molar refractivity (Wildman–Crippen MR) is 98.3 cm³/mol. The number of fused-ring (bicyclic) bond motifs is 1. The third kappa shape index (κ3) is 3.75. The van der Waals surface area contributed by atoms with Crippen LogP contribution in [0.3, 0.4) is 0 Å². The molecule has 1 fully saturated rings. The van der Waals surface area contributed by atoms with Crippen molar-refractivity contribution in [3.05, 3.63) is 53.4 Å². The zero-order chi connectivity index (χ0) is 17.9. The van der Waals surface area contributed by atoms with E-state index in [4.69, 9.17) is 4.98 Å². The second-order valence-electron chi connectivity index (χ2n) is 7.30. The highest BCUT2D eigenvalue weighted by Gasteiger charge is 2.25. The SMILES string of the molecule is CC(=O)N1CCC(c2ncc3c(n2)CCN(Cc2cccnc2)C3)CC1. The van der Waals surface area contributed by atoms with Gasteiger partial charge in [0.1, 0.15) is 5.82 Å². The first-order valence-electron chi connectivity index (χ1n) is 9.40. The number of amides is 1. The molecular weight excluding hydrogens is 326 g/mol.